The number of rotatable bonds is 5. The van der Waals surface area contributed by atoms with E-state index in [9.17, 15) is 4.39 Å². The van der Waals surface area contributed by atoms with E-state index in [2.05, 4.69) is 32.0 Å². The Morgan fingerprint density at radius 3 is 2.48 bits per heavy atom. The van der Waals surface area contributed by atoms with E-state index >= 15 is 0 Å². The molecule has 1 unspecified atom stereocenters. The lowest BCUT2D eigenvalue weighted by Crippen LogP contribution is -2.33. The minimum atomic E-state index is -0.202. The van der Waals surface area contributed by atoms with Crippen LogP contribution in [0.25, 0.3) is 0 Å². The Balaban J connectivity index is 2.20. The Hall–Kier alpha value is -1.87. The molecule has 1 atom stereocenters. The quantitative estimate of drug-likeness (QED) is 0.901. The van der Waals surface area contributed by atoms with E-state index in [0.717, 1.165) is 12.1 Å². The molecular weight excluding hydrogens is 263 g/mol. The van der Waals surface area contributed by atoms with Crippen LogP contribution in [0, 0.1) is 19.7 Å². The number of para-hydroxylation sites is 1. The maximum absolute atomic E-state index is 13.9. The molecular formula is C18H23FN2. The van der Waals surface area contributed by atoms with Crippen molar-refractivity contribution in [3.63, 3.8) is 0 Å². The molecule has 2 N–H and O–H groups in total. The second-order valence-electron chi connectivity index (χ2n) is 5.46. The first-order valence-corrected chi connectivity index (χ1v) is 7.35. The summed E-state index contributed by atoms with van der Waals surface area (Å²) in [7, 11) is 0. The standard InChI is InChI=1S/C18H23FN2/c1-4-21(18-8-6-5-7-16(18)19)12-17(20)15-10-9-13(2)11-14(15)3/h5-11,17H,4,12,20H2,1-3H3. The first kappa shape index (κ1) is 15.5. The van der Waals surface area contributed by atoms with Gasteiger partial charge in [0.2, 0.25) is 0 Å². The first-order chi connectivity index (χ1) is 10.0. The van der Waals surface area contributed by atoms with Crippen molar-refractivity contribution in [1.82, 2.24) is 0 Å². The Labute approximate surface area is 126 Å². The third-order valence-electron chi connectivity index (χ3n) is 3.82. The summed E-state index contributed by atoms with van der Waals surface area (Å²) in [6, 6.07) is 13.0. The van der Waals surface area contributed by atoms with Crippen molar-refractivity contribution in [2.45, 2.75) is 26.8 Å². The molecule has 2 rings (SSSR count). The van der Waals surface area contributed by atoms with Crippen LogP contribution >= 0.6 is 0 Å². The van der Waals surface area contributed by atoms with Gasteiger partial charge in [-0.1, -0.05) is 35.9 Å². The Morgan fingerprint density at radius 2 is 1.86 bits per heavy atom. The van der Waals surface area contributed by atoms with Crippen LogP contribution in [0.1, 0.15) is 29.7 Å². The highest BCUT2D eigenvalue weighted by molar-refractivity contribution is 5.48. The number of anilines is 1. The predicted molar refractivity (Wildman–Crippen MR) is 87.1 cm³/mol. The van der Waals surface area contributed by atoms with E-state index in [1.807, 2.05) is 17.9 Å². The molecule has 3 heteroatoms. The van der Waals surface area contributed by atoms with Gasteiger partial charge in [-0.05, 0) is 44.0 Å². The van der Waals surface area contributed by atoms with E-state index in [1.54, 1.807) is 12.1 Å². The van der Waals surface area contributed by atoms with Gasteiger partial charge in [0.15, 0.2) is 0 Å². The largest absolute Gasteiger partial charge is 0.368 e. The van der Waals surface area contributed by atoms with Crippen molar-refractivity contribution in [1.29, 1.82) is 0 Å². The summed E-state index contributed by atoms with van der Waals surface area (Å²) in [6.07, 6.45) is 0. The topological polar surface area (TPSA) is 29.3 Å². The predicted octanol–water partition coefficient (Wildman–Crippen LogP) is 3.97. The van der Waals surface area contributed by atoms with E-state index in [1.165, 1.54) is 17.2 Å². The van der Waals surface area contributed by atoms with Gasteiger partial charge in [0.1, 0.15) is 5.82 Å². The highest BCUT2D eigenvalue weighted by Crippen LogP contribution is 2.23. The maximum Gasteiger partial charge on any atom is 0.146 e. The summed E-state index contributed by atoms with van der Waals surface area (Å²) >= 11 is 0. The van der Waals surface area contributed by atoms with Crippen LogP contribution in [-0.2, 0) is 0 Å². The van der Waals surface area contributed by atoms with Gasteiger partial charge in [-0.3, -0.25) is 0 Å². The molecule has 0 aliphatic carbocycles. The molecule has 0 spiro atoms. The number of halogens is 1. The van der Waals surface area contributed by atoms with Gasteiger partial charge in [-0.25, -0.2) is 4.39 Å². The summed E-state index contributed by atoms with van der Waals surface area (Å²) in [5, 5.41) is 0. The lowest BCUT2D eigenvalue weighted by Gasteiger charge is -2.27. The highest BCUT2D eigenvalue weighted by atomic mass is 19.1. The van der Waals surface area contributed by atoms with E-state index in [0.29, 0.717) is 12.2 Å². The van der Waals surface area contributed by atoms with E-state index in [-0.39, 0.29) is 11.9 Å². The van der Waals surface area contributed by atoms with Crippen LogP contribution in [-0.4, -0.2) is 13.1 Å². The molecule has 0 fully saturated rings. The zero-order chi connectivity index (χ0) is 15.4. The van der Waals surface area contributed by atoms with Crippen molar-refractivity contribution in [2.75, 3.05) is 18.0 Å². The highest BCUT2D eigenvalue weighted by Gasteiger charge is 2.15. The normalized spacial score (nSPS) is 12.2. The van der Waals surface area contributed by atoms with Crippen LogP contribution in [0.2, 0.25) is 0 Å². The summed E-state index contributed by atoms with van der Waals surface area (Å²) in [5.74, 6) is -0.202. The number of likely N-dealkylation sites (N-methyl/N-ethyl adjacent to an activating group) is 1. The molecule has 0 bridgehead atoms. The first-order valence-electron chi connectivity index (χ1n) is 7.35. The molecule has 2 aromatic rings. The third kappa shape index (κ3) is 3.61. The second kappa shape index (κ2) is 6.72. The molecule has 112 valence electrons. The summed E-state index contributed by atoms with van der Waals surface area (Å²) in [4.78, 5) is 1.99. The van der Waals surface area contributed by atoms with Gasteiger partial charge in [-0.2, -0.15) is 0 Å². The van der Waals surface area contributed by atoms with Gasteiger partial charge >= 0.3 is 0 Å². The van der Waals surface area contributed by atoms with Crippen LogP contribution in [0.4, 0.5) is 10.1 Å². The fraction of sp³-hybridized carbons (Fsp3) is 0.333. The van der Waals surface area contributed by atoms with Crippen LogP contribution in [0.5, 0.6) is 0 Å². The Morgan fingerprint density at radius 1 is 1.14 bits per heavy atom. The molecule has 0 amide bonds. The fourth-order valence-corrected chi connectivity index (χ4v) is 2.68. The number of nitrogens with two attached hydrogens (primary N) is 1. The second-order valence-corrected chi connectivity index (χ2v) is 5.46. The van der Waals surface area contributed by atoms with Gasteiger partial charge < -0.3 is 10.6 Å². The minimum Gasteiger partial charge on any atom is -0.368 e. The van der Waals surface area contributed by atoms with Crippen LogP contribution < -0.4 is 10.6 Å². The fourth-order valence-electron chi connectivity index (χ4n) is 2.68. The number of aryl methyl sites for hydroxylation is 2. The third-order valence-corrected chi connectivity index (χ3v) is 3.82. The van der Waals surface area contributed by atoms with Crippen molar-refractivity contribution in [3.05, 3.63) is 65.0 Å². The number of benzene rings is 2. The van der Waals surface area contributed by atoms with Crippen molar-refractivity contribution < 1.29 is 4.39 Å². The molecule has 2 aromatic carbocycles. The number of hydrogen-bond donors (Lipinski definition) is 1. The zero-order valence-electron chi connectivity index (χ0n) is 12.9. The Bertz CT molecular complexity index is 610. The van der Waals surface area contributed by atoms with Gasteiger partial charge in [0.05, 0.1) is 5.69 Å². The summed E-state index contributed by atoms with van der Waals surface area (Å²) < 4.78 is 13.9. The average Bonchev–Trinajstić information content (AvgIpc) is 2.45. The number of hydrogen-bond acceptors (Lipinski definition) is 2. The van der Waals surface area contributed by atoms with Gasteiger partial charge in [0.25, 0.3) is 0 Å². The molecule has 0 aliphatic rings. The average molecular weight is 286 g/mol. The molecule has 0 saturated carbocycles. The zero-order valence-corrected chi connectivity index (χ0v) is 12.9. The lowest BCUT2D eigenvalue weighted by atomic mass is 9.99. The maximum atomic E-state index is 13.9. The van der Waals surface area contributed by atoms with Crippen molar-refractivity contribution in [2.24, 2.45) is 5.73 Å². The summed E-state index contributed by atoms with van der Waals surface area (Å²) in [6.45, 7) is 7.48. The lowest BCUT2D eigenvalue weighted by molar-refractivity contribution is 0.605. The molecule has 2 nitrogen and oxygen atoms in total. The molecule has 0 saturated heterocycles. The molecule has 0 heterocycles. The SMILES string of the molecule is CCN(CC(N)c1ccc(C)cc1C)c1ccccc1F. The van der Waals surface area contributed by atoms with Crippen LogP contribution in [0.15, 0.2) is 42.5 Å². The molecule has 0 aliphatic heterocycles. The van der Waals surface area contributed by atoms with E-state index in [4.69, 9.17) is 5.73 Å². The molecule has 0 radical (unpaired) electrons. The number of nitrogens with zero attached hydrogens (tertiary/aromatic N) is 1. The minimum absolute atomic E-state index is 0.134. The summed E-state index contributed by atoms with van der Waals surface area (Å²) in [5.41, 5.74) is 10.5. The monoisotopic (exact) mass is 286 g/mol. The molecule has 21 heavy (non-hydrogen) atoms. The van der Waals surface area contributed by atoms with Crippen molar-refractivity contribution >= 4 is 5.69 Å². The van der Waals surface area contributed by atoms with Gasteiger partial charge in [0, 0.05) is 19.1 Å². The van der Waals surface area contributed by atoms with Crippen molar-refractivity contribution in [3.8, 4) is 0 Å². The Kier molecular flexibility index (Phi) is 4.97. The van der Waals surface area contributed by atoms with E-state index < -0.39 is 0 Å². The molecule has 0 aromatic heterocycles. The smallest absolute Gasteiger partial charge is 0.146 e. The van der Waals surface area contributed by atoms with Gasteiger partial charge in [-0.15, -0.1) is 0 Å². The van der Waals surface area contributed by atoms with Crippen LogP contribution in [0.3, 0.4) is 0 Å².